The van der Waals surface area contributed by atoms with Gasteiger partial charge >= 0.3 is 6.18 Å². The Labute approximate surface area is 122 Å². The van der Waals surface area contributed by atoms with Crippen LogP contribution in [-0.4, -0.2) is 37.3 Å². The van der Waals surface area contributed by atoms with Crippen molar-refractivity contribution in [1.82, 2.24) is 10.2 Å². The predicted molar refractivity (Wildman–Crippen MR) is 76.1 cm³/mol. The van der Waals surface area contributed by atoms with Crippen molar-refractivity contribution in [2.45, 2.75) is 25.1 Å². The number of fused-ring (bicyclic) bond motifs is 1. The van der Waals surface area contributed by atoms with E-state index in [4.69, 9.17) is 0 Å². The van der Waals surface area contributed by atoms with E-state index in [1.54, 1.807) is 0 Å². The summed E-state index contributed by atoms with van der Waals surface area (Å²) in [6.07, 6.45) is -1.72. The van der Waals surface area contributed by atoms with Crippen molar-refractivity contribution in [3.63, 3.8) is 0 Å². The van der Waals surface area contributed by atoms with Crippen LogP contribution < -0.4 is 5.32 Å². The Balaban J connectivity index is 1.66. The van der Waals surface area contributed by atoms with Crippen molar-refractivity contribution in [3.8, 4) is 0 Å². The minimum atomic E-state index is -4.16. The highest BCUT2D eigenvalue weighted by Gasteiger charge is 2.35. The first-order chi connectivity index (χ1) is 10.0. The molecule has 0 amide bonds. The number of halogens is 3. The average Bonchev–Trinajstić information content (AvgIpc) is 2.47. The Morgan fingerprint density at radius 3 is 2.71 bits per heavy atom. The van der Waals surface area contributed by atoms with Crippen molar-refractivity contribution < 1.29 is 13.2 Å². The van der Waals surface area contributed by atoms with Crippen LogP contribution in [0.4, 0.5) is 13.2 Å². The van der Waals surface area contributed by atoms with E-state index in [1.165, 1.54) is 17.2 Å². The molecule has 3 rings (SSSR count). The molecule has 0 spiro atoms. The summed E-state index contributed by atoms with van der Waals surface area (Å²) in [5.74, 6) is 0. The quantitative estimate of drug-likeness (QED) is 0.844. The Hall–Kier alpha value is -1.33. The molecule has 1 aromatic rings. The summed E-state index contributed by atoms with van der Waals surface area (Å²) < 4.78 is 37.9. The molecule has 0 aliphatic carbocycles. The first kappa shape index (κ1) is 14.6. The standard InChI is InChI=1S/C16H19F3N2/c17-16(18,19)13-6-9-21(10-7-13)11-15-14-4-2-1-3-12(14)5-8-20-15/h1-4,6,15,20H,5,7-11H2. The van der Waals surface area contributed by atoms with E-state index in [-0.39, 0.29) is 18.0 Å². The highest BCUT2D eigenvalue weighted by molar-refractivity contribution is 5.32. The summed E-state index contributed by atoms with van der Waals surface area (Å²) in [5, 5.41) is 3.48. The first-order valence-electron chi connectivity index (χ1n) is 7.34. The summed E-state index contributed by atoms with van der Waals surface area (Å²) in [6.45, 7) is 2.55. The van der Waals surface area contributed by atoms with Gasteiger partial charge in [-0.2, -0.15) is 13.2 Å². The number of nitrogens with one attached hydrogen (secondary N) is 1. The topological polar surface area (TPSA) is 15.3 Å². The van der Waals surface area contributed by atoms with Crippen LogP contribution >= 0.6 is 0 Å². The molecule has 2 aliphatic rings. The third kappa shape index (κ3) is 3.30. The Morgan fingerprint density at radius 2 is 2.00 bits per heavy atom. The zero-order valence-corrected chi connectivity index (χ0v) is 11.8. The van der Waals surface area contributed by atoms with Crippen molar-refractivity contribution in [3.05, 3.63) is 47.0 Å². The van der Waals surface area contributed by atoms with E-state index in [9.17, 15) is 13.2 Å². The van der Waals surface area contributed by atoms with E-state index in [2.05, 4.69) is 22.3 Å². The molecule has 2 heterocycles. The smallest absolute Gasteiger partial charge is 0.309 e. The van der Waals surface area contributed by atoms with Gasteiger partial charge in [-0.15, -0.1) is 0 Å². The second-order valence-electron chi connectivity index (χ2n) is 5.69. The van der Waals surface area contributed by atoms with Crippen molar-refractivity contribution in [1.29, 1.82) is 0 Å². The van der Waals surface area contributed by atoms with Crippen LogP contribution in [0.1, 0.15) is 23.6 Å². The van der Waals surface area contributed by atoms with Gasteiger partial charge in [0.15, 0.2) is 0 Å². The molecule has 1 aromatic carbocycles. The van der Waals surface area contributed by atoms with Gasteiger partial charge in [-0.05, 0) is 30.5 Å². The lowest BCUT2D eigenvalue weighted by Gasteiger charge is -2.34. The maximum atomic E-state index is 12.6. The fourth-order valence-corrected chi connectivity index (χ4v) is 3.15. The Morgan fingerprint density at radius 1 is 1.19 bits per heavy atom. The van der Waals surface area contributed by atoms with Crippen molar-refractivity contribution in [2.24, 2.45) is 0 Å². The number of hydrogen-bond donors (Lipinski definition) is 1. The van der Waals surface area contributed by atoms with Crippen molar-refractivity contribution >= 4 is 0 Å². The number of rotatable bonds is 2. The molecule has 5 heteroatoms. The van der Waals surface area contributed by atoms with E-state index >= 15 is 0 Å². The van der Waals surface area contributed by atoms with Gasteiger partial charge in [0.2, 0.25) is 0 Å². The number of benzene rings is 1. The predicted octanol–water partition coefficient (Wildman–Crippen LogP) is 3.07. The van der Waals surface area contributed by atoms with E-state index in [0.29, 0.717) is 13.1 Å². The van der Waals surface area contributed by atoms with E-state index in [0.717, 1.165) is 19.5 Å². The monoisotopic (exact) mass is 296 g/mol. The molecular formula is C16H19F3N2. The lowest BCUT2D eigenvalue weighted by Crippen LogP contribution is -2.41. The Bertz CT molecular complexity index is 537. The zero-order valence-electron chi connectivity index (χ0n) is 11.8. The van der Waals surface area contributed by atoms with Crippen LogP contribution in [0, 0.1) is 0 Å². The summed E-state index contributed by atoms with van der Waals surface area (Å²) in [6, 6.07) is 8.54. The van der Waals surface area contributed by atoms with Gasteiger partial charge < -0.3 is 5.32 Å². The summed E-state index contributed by atoms with van der Waals surface area (Å²) in [4.78, 5) is 2.09. The summed E-state index contributed by atoms with van der Waals surface area (Å²) in [5.41, 5.74) is 2.26. The second-order valence-corrected chi connectivity index (χ2v) is 5.69. The van der Waals surface area contributed by atoms with E-state index in [1.807, 2.05) is 12.1 Å². The summed E-state index contributed by atoms with van der Waals surface area (Å²) in [7, 11) is 0. The second kappa shape index (κ2) is 5.81. The molecule has 21 heavy (non-hydrogen) atoms. The maximum Gasteiger partial charge on any atom is 0.412 e. The van der Waals surface area contributed by atoms with Gasteiger partial charge in [0, 0.05) is 31.2 Å². The van der Waals surface area contributed by atoms with Crippen molar-refractivity contribution in [2.75, 3.05) is 26.2 Å². The molecule has 0 fully saturated rings. The highest BCUT2D eigenvalue weighted by Crippen LogP contribution is 2.31. The fourth-order valence-electron chi connectivity index (χ4n) is 3.15. The highest BCUT2D eigenvalue weighted by atomic mass is 19.4. The minimum Gasteiger partial charge on any atom is -0.309 e. The third-order valence-electron chi connectivity index (χ3n) is 4.31. The van der Waals surface area contributed by atoms with Gasteiger partial charge in [-0.3, -0.25) is 4.90 Å². The first-order valence-corrected chi connectivity index (χ1v) is 7.34. The molecule has 1 atom stereocenters. The molecule has 114 valence electrons. The summed E-state index contributed by atoms with van der Waals surface area (Å²) >= 11 is 0. The van der Waals surface area contributed by atoms with E-state index < -0.39 is 6.18 Å². The van der Waals surface area contributed by atoms with Crippen LogP contribution in [0.2, 0.25) is 0 Å². The molecule has 0 bridgehead atoms. The zero-order chi connectivity index (χ0) is 14.9. The molecule has 0 saturated carbocycles. The Kier molecular flexibility index (Phi) is 4.04. The fraction of sp³-hybridized carbons (Fsp3) is 0.500. The molecule has 0 radical (unpaired) electrons. The molecule has 1 N–H and O–H groups in total. The molecule has 2 aliphatic heterocycles. The lowest BCUT2D eigenvalue weighted by atomic mass is 9.93. The van der Waals surface area contributed by atoms with Gasteiger partial charge in [0.05, 0.1) is 0 Å². The van der Waals surface area contributed by atoms with Gasteiger partial charge in [0.25, 0.3) is 0 Å². The molecular weight excluding hydrogens is 277 g/mol. The number of alkyl halides is 3. The van der Waals surface area contributed by atoms with Crippen LogP contribution in [-0.2, 0) is 6.42 Å². The van der Waals surface area contributed by atoms with Gasteiger partial charge in [0.1, 0.15) is 0 Å². The molecule has 1 unspecified atom stereocenters. The normalized spacial score (nSPS) is 23.6. The van der Waals surface area contributed by atoms with Crippen LogP contribution in [0.5, 0.6) is 0 Å². The van der Waals surface area contributed by atoms with Crippen LogP contribution in [0.3, 0.4) is 0 Å². The molecule has 0 saturated heterocycles. The maximum absolute atomic E-state index is 12.6. The number of nitrogens with zero attached hydrogens (tertiary/aromatic N) is 1. The minimum absolute atomic E-state index is 0.0951. The van der Waals surface area contributed by atoms with Crippen LogP contribution in [0.25, 0.3) is 0 Å². The average molecular weight is 296 g/mol. The van der Waals surface area contributed by atoms with Gasteiger partial charge in [-0.1, -0.05) is 30.3 Å². The third-order valence-corrected chi connectivity index (χ3v) is 4.31. The van der Waals surface area contributed by atoms with Crippen LogP contribution in [0.15, 0.2) is 35.9 Å². The SMILES string of the molecule is FC(F)(F)C1=CCN(CC2NCCc3ccccc32)CC1. The lowest BCUT2D eigenvalue weighted by molar-refractivity contribution is -0.0960. The molecule has 2 nitrogen and oxygen atoms in total. The largest absolute Gasteiger partial charge is 0.412 e. The van der Waals surface area contributed by atoms with Gasteiger partial charge in [-0.25, -0.2) is 0 Å². The number of hydrogen-bond acceptors (Lipinski definition) is 2. The molecule has 0 aromatic heterocycles.